The minimum Gasteiger partial charge on any atom is -0.396 e. The number of likely N-dealkylation sites (N-methyl/N-ethyl adjacent to an activating group) is 1. The third kappa shape index (κ3) is 4.45. The topological polar surface area (TPSA) is 52.6 Å². The molecule has 5 heteroatoms. The molecule has 2 rings (SSSR count). The van der Waals surface area contributed by atoms with Gasteiger partial charge in [0.25, 0.3) is 0 Å². The summed E-state index contributed by atoms with van der Waals surface area (Å²) in [6, 6.07) is 5.95. The highest BCUT2D eigenvalue weighted by Gasteiger charge is 2.24. The summed E-state index contributed by atoms with van der Waals surface area (Å²) in [6.07, 6.45) is 4.18. The minimum absolute atomic E-state index is 0.0165. The maximum Gasteiger partial charge on any atom is 0.238 e. The van der Waals surface area contributed by atoms with Crippen molar-refractivity contribution in [1.29, 1.82) is 0 Å². The molecule has 122 valence electrons. The van der Waals surface area contributed by atoms with Crippen LogP contribution in [0.1, 0.15) is 31.2 Å². The Morgan fingerprint density at radius 3 is 2.68 bits per heavy atom. The predicted molar refractivity (Wildman–Crippen MR) is 90.3 cm³/mol. The summed E-state index contributed by atoms with van der Waals surface area (Å²) in [4.78, 5) is 14.3. The van der Waals surface area contributed by atoms with Gasteiger partial charge in [0.05, 0.1) is 6.54 Å². The highest BCUT2D eigenvalue weighted by molar-refractivity contribution is 6.31. The Hall–Kier alpha value is -1.10. The second-order valence-electron chi connectivity index (χ2n) is 6.23. The molecule has 1 aromatic rings. The van der Waals surface area contributed by atoms with Crippen LogP contribution in [-0.2, 0) is 4.79 Å². The smallest absolute Gasteiger partial charge is 0.238 e. The number of halogens is 1. The maximum absolute atomic E-state index is 12.2. The number of anilines is 1. The zero-order chi connectivity index (χ0) is 16.1. The lowest BCUT2D eigenvalue weighted by Gasteiger charge is -2.33. The van der Waals surface area contributed by atoms with E-state index in [0.29, 0.717) is 23.5 Å². The third-order valence-electron chi connectivity index (χ3n) is 4.63. The highest BCUT2D eigenvalue weighted by atomic mass is 35.5. The zero-order valence-electron chi connectivity index (χ0n) is 13.3. The van der Waals surface area contributed by atoms with Gasteiger partial charge in [0.15, 0.2) is 0 Å². The Morgan fingerprint density at radius 1 is 1.36 bits per heavy atom. The SMILES string of the molecule is Cc1c(Cl)cccc1NC(=O)CN(C)C1CCC(CO)CC1. The number of nitrogens with one attached hydrogen (secondary N) is 1. The van der Waals surface area contributed by atoms with Crippen molar-refractivity contribution in [1.82, 2.24) is 4.90 Å². The van der Waals surface area contributed by atoms with Gasteiger partial charge in [-0.25, -0.2) is 0 Å². The van der Waals surface area contributed by atoms with Crippen molar-refractivity contribution < 1.29 is 9.90 Å². The molecule has 2 N–H and O–H groups in total. The van der Waals surface area contributed by atoms with Gasteiger partial charge in [0.2, 0.25) is 5.91 Å². The van der Waals surface area contributed by atoms with Crippen LogP contribution in [0, 0.1) is 12.8 Å². The molecule has 1 amide bonds. The Bertz CT molecular complexity index is 513. The lowest BCUT2D eigenvalue weighted by molar-refractivity contribution is -0.117. The van der Waals surface area contributed by atoms with Gasteiger partial charge in [-0.2, -0.15) is 0 Å². The first-order valence-corrected chi connectivity index (χ1v) is 8.25. The maximum atomic E-state index is 12.2. The summed E-state index contributed by atoms with van der Waals surface area (Å²) < 4.78 is 0. The van der Waals surface area contributed by atoms with Crippen molar-refractivity contribution in [3.05, 3.63) is 28.8 Å². The van der Waals surface area contributed by atoms with Gasteiger partial charge in [-0.15, -0.1) is 0 Å². The summed E-state index contributed by atoms with van der Waals surface area (Å²) in [5.41, 5.74) is 1.67. The molecule has 0 bridgehead atoms. The van der Waals surface area contributed by atoms with Crippen LogP contribution in [0.2, 0.25) is 5.02 Å². The largest absolute Gasteiger partial charge is 0.396 e. The first-order valence-electron chi connectivity index (χ1n) is 7.87. The third-order valence-corrected chi connectivity index (χ3v) is 5.04. The van der Waals surface area contributed by atoms with Crippen molar-refractivity contribution in [2.24, 2.45) is 5.92 Å². The van der Waals surface area contributed by atoms with Crippen molar-refractivity contribution in [3.63, 3.8) is 0 Å². The standard InChI is InChI=1S/C17H25ClN2O2/c1-12-15(18)4-3-5-16(12)19-17(22)10-20(2)14-8-6-13(11-21)7-9-14/h3-5,13-14,21H,6-11H2,1-2H3,(H,19,22). The normalized spacial score (nSPS) is 21.9. The first-order chi connectivity index (χ1) is 10.5. The van der Waals surface area contributed by atoms with E-state index >= 15 is 0 Å². The molecule has 1 saturated carbocycles. The number of carbonyl (C=O) groups is 1. The van der Waals surface area contributed by atoms with Crippen molar-refractivity contribution in [2.75, 3.05) is 25.5 Å². The Labute approximate surface area is 137 Å². The molecule has 1 aliphatic carbocycles. The van der Waals surface area contributed by atoms with Gasteiger partial charge in [0, 0.05) is 23.4 Å². The fourth-order valence-corrected chi connectivity index (χ4v) is 3.23. The number of benzene rings is 1. The fraction of sp³-hybridized carbons (Fsp3) is 0.588. The van der Waals surface area contributed by atoms with Crippen molar-refractivity contribution >= 4 is 23.2 Å². The second-order valence-corrected chi connectivity index (χ2v) is 6.64. The van der Waals surface area contributed by atoms with E-state index < -0.39 is 0 Å². The van der Waals surface area contributed by atoms with Gasteiger partial charge in [-0.3, -0.25) is 9.69 Å². The number of nitrogens with zero attached hydrogens (tertiary/aromatic N) is 1. The lowest BCUT2D eigenvalue weighted by atomic mass is 9.86. The van der Waals surface area contributed by atoms with Crippen LogP contribution in [0.15, 0.2) is 18.2 Å². The van der Waals surface area contributed by atoms with Crippen LogP contribution in [-0.4, -0.2) is 42.2 Å². The Kier molecular flexibility index (Phi) is 6.24. The van der Waals surface area contributed by atoms with Crippen LogP contribution in [0.4, 0.5) is 5.69 Å². The molecular weight excluding hydrogens is 300 g/mol. The molecule has 0 atom stereocenters. The summed E-state index contributed by atoms with van der Waals surface area (Å²) in [5.74, 6) is 0.421. The average molecular weight is 325 g/mol. The molecule has 0 heterocycles. The van der Waals surface area contributed by atoms with E-state index in [0.717, 1.165) is 36.9 Å². The molecule has 0 aromatic heterocycles. The average Bonchev–Trinajstić information content (AvgIpc) is 2.52. The zero-order valence-corrected chi connectivity index (χ0v) is 14.1. The van der Waals surface area contributed by atoms with Gasteiger partial charge in [-0.1, -0.05) is 17.7 Å². The van der Waals surface area contributed by atoms with Crippen LogP contribution in [0.5, 0.6) is 0 Å². The summed E-state index contributed by atoms with van der Waals surface area (Å²) >= 11 is 6.07. The summed E-state index contributed by atoms with van der Waals surface area (Å²) in [5, 5.41) is 12.8. The predicted octanol–water partition coefficient (Wildman–Crippen LogP) is 3.07. The second kappa shape index (κ2) is 7.95. The molecule has 1 aliphatic rings. The molecule has 4 nitrogen and oxygen atoms in total. The van der Waals surface area contributed by atoms with Crippen molar-refractivity contribution in [2.45, 2.75) is 38.6 Å². The molecule has 0 radical (unpaired) electrons. The number of aliphatic hydroxyl groups is 1. The number of rotatable bonds is 5. The Balaban J connectivity index is 1.85. The lowest BCUT2D eigenvalue weighted by Crippen LogP contribution is -2.40. The minimum atomic E-state index is -0.0165. The van der Waals surface area contributed by atoms with Crippen LogP contribution >= 0.6 is 11.6 Å². The molecule has 0 aliphatic heterocycles. The van der Waals surface area contributed by atoms with E-state index in [-0.39, 0.29) is 12.5 Å². The van der Waals surface area contributed by atoms with E-state index in [1.807, 2.05) is 32.2 Å². The van der Waals surface area contributed by atoms with E-state index in [1.54, 1.807) is 0 Å². The fourth-order valence-electron chi connectivity index (χ4n) is 3.06. The van der Waals surface area contributed by atoms with Gasteiger partial charge in [0.1, 0.15) is 0 Å². The van der Waals surface area contributed by atoms with Crippen LogP contribution in [0.25, 0.3) is 0 Å². The molecule has 0 unspecified atom stereocenters. The highest BCUT2D eigenvalue weighted by Crippen LogP contribution is 2.27. The monoisotopic (exact) mass is 324 g/mol. The molecule has 1 aromatic carbocycles. The van der Waals surface area contributed by atoms with Crippen LogP contribution < -0.4 is 5.32 Å². The quantitative estimate of drug-likeness (QED) is 0.875. The number of hydrogen-bond acceptors (Lipinski definition) is 3. The first kappa shape index (κ1) is 17.3. The van der Waals surface area contributed by atoms with E-state index in [9.17, 15) is 9.90 Å². The Morgan fingerprint density at radius 2 is 2.05 bits per heavy atom. The number of carbonyl (C=O) groups excluding carboxylic acids is 1. The summed E-state index contributed by atoms with van der Waals surface area (Å²) in [6.45, 7) is 2.56. The van der Waals surface area contributed by atoms with Crippen LogP contribution in [0.3, 0.4) is 0 Å². The molecule has 0 spiro atoms. The molecule has 0 saturated heterocycles. The van der Waals surface area contributed by atoms with E-state index in [2.05, 4.69) is 10.2 Å². The molecule has 22 heavy (non-hydrogen) atoms. The number of amides is 1. The van der Waals surface area contributed by atoms with E-state index in [1.165, 1.54) is 0 Å². The van der Waals surface area contributed by atoms with Gasteiger partial charge in [-0.05, 0) is 63.3 Å². The van der Waals surface area contributed by atoms with Gasteiger partial charge >= 0.3 is 0 Å². The molecular formula is C17H25ClN2O2. The molecule has 1 fully saturated rings. The number of aliphatic hydroxyl groups excluding tert-OH is 1. The van der Waals surface area contributed by atoms with Gasteiger partial charge < -0.3 is 10.4 Å². The van der Waals surface area contributed by atoms with E-state index in [4.69, 9.17) is 11.6 Å². The van der Waals surface area contributed by atoms with Crippen molar-refractivity contribution in [3.8, 4) is 0 Å². The number of hydrogen-bond donors (Lipinski definition) is 2. The summed E-state index contributed by atoms with van der Waals surface area (Å²) in [7, 11) is 1.99.